The highest BCUT2D eigenvalue weighted by Gasteiger charge is 2.29. The molecule has 1 saturated carbocycles. The van der Waals surface area contributed by atoms with Crippen LogP contribution in [0.15, 0.2) is 12.4 Å². The average Bonchev–Trinajstić information content (AvgIpc) is 3.12. The van der Waals surface area contributed by atoms with Crippen LogP contribution < -0.4 is 10.2 Å². The molecule has 1 aromatic heterocycles. The largest absolute Gasteiger partial charge is 0.465 e. The molecule has 0 aromatic carbocycles. The van der Waals surface area contributed by atoms with Crippen molar-refractivity contribution in [1.82, 2.24) is 9.97 Å². The molecular weight excluding hydrogens is 224 g/mol. The van der Waals surface area contributed by atoms with Crippen LogP contribution in [0.25, 0.3) is 0 Å². The first-order valence-corrected chi connectivity index (χ1v) is 5.17. The molecule has 7 nitrogen and oxygen atoms in total. The van der Waals surface area contributed by atoms with Crippen molar-refractivity contribution in [1.29, 1.82) is 0 Å². The second kappa shape index (κ2) is 4.36. The summed E-state index contributed by atoms with van der Waals surface area (Å²) in [5.41, 5.74) is 0. The van der Waals surface area contributed by atoms with Gasteiger partial charge in [0.1, 0.15) is 18.0 Å². The van der Waals surface area contributed by atoms with Crippen molar-refractivity contribution >= 4 is 23.6 Å². The molecule has 90 valence electrons. The quantitative estimate of drug-likeness (QED) is 0.814. The Labute approximate surface area is 97.5 Å². The zero-order chi connectivity index (χ0) is 12.4. The molecule has 17 heavy (non-hydrogen) atoms. The molecule has 0 radical (unpaired) electrons. The number of carbonyl (C=O) groups excluding carboxylic acids is 1. The number of anilines is 2. The fraction of sp³-hybridized carbons (Fsp3) is 0.400. The van der Waals surface area contributed by atoms with E-state index in [2.05, 4.69) is 15.3 Å². The van der Waals surface area contributed by atoms with Crippen molar-refractivity contribution in [2.75, 3.05) is 17.3 Å². The summed E-state index contributed by atoms with van der Waals surface area (Å²) in [5.74, 6) is 0.539. The summed E-state index contributed by atoms with van der Waals surface area (Å²) in [4.78, 5) is 30.9. The van der Waals surface area contributed by atoms with Gasteiger partial charge in [-0.3, -0.25) is 9.69 Å². The molecule has 0 aliphatic heterocycles. The monoisotopic (exact) mass is 236 g/mol. The summed E-state index contributed by atoms with van der Waals surface area (Å²) < 4.78 is 0. The third kappa shape index (κ3) is 2.68. The van der Waals surface area contributed by atoms with Crippen LogP contribution in [0.4, 0.5) is 16.4 Å². The van der Waals surface area contributed by atoms with Gasteiger partial charge in [-0.2, -0.15) is 0 Å². The highest BCUT2D eigenvalue weighted by Crippen LogP contribution is 2.30. The van der Waals surface area contributed by atoms with Gasteiger partial charge in [0.2, 0.25) is 5.91 Å². The van der Waals surface area contributed by atoms with E-state index in [0.717, 1.165) is 17.7 Å². The third-order valence-electron chi connectivity index (χ3n) is 2.48. The van der Waals surface area contributed by atoms with Gasteiger partial charge in [0.25, 0.3) is 0 Å². The highest BCUT2D eigenvalue weighted by atomic mass is 16.4. The first-order valence-electron chi connectivity index (χ1n) is 5.17. The maximum Gasteiger partial charge on any atom is 0.412 e. The highest BCUT2D eigenvalue weighted by molar-refractivity contribution is 5.94. The van der Waals surface area contributed by atoms with Gasteiger partial charge in [-0.1, -0.05) is 0 Å². The van der Waals surface area contributed by atoms with Crippen LogP contribution in [-0.4, -0.2) is 34.1 Å². The van der Waals surface area contributed by atoms with E-state index >= 15 is 0 Å². The zero-order valence-corrected chi connectivity index (χ0v) is 9.25. The molecule has 7 heteroatoms. The third-order valence-corrected chi connectivity index (χ3v) is 2.48. The minimum absolute atomic E-state index is 0.0746. The van der Waals surface area contributed by atoms with Crippen molar-refractivity contribution in [3.8, 4) is 0 Å². The van der Waals surface area contributed by atoms with Crippen molar-refractivity contribution in [3.63, 3.8) is 0 Å². The molecule has 0 unspecified atom stereocenters. The normalized spacial score (nSPS) is 14.2. The minimum atomic E-state index is -1.12. The van der Waals surface area contributed by atoms with Crippen LogP contribution in [0.3, 0.4) is 0 Å². The van der Waals surface area contributed by atoms with E-state index in [1.807, 2.05) is 0 Å². The van der Waals surface area contributed by atoms with E-state index in [0.29, 0.717) is 5.82 Å². The number of carbonyl (C=O) groups is 2. The van der Waals surface area contributed by atoms with Crippen LogP contribution >= 0.6 is 0 Å². The standard InChI is InChI=1S/C10H12N4O3/c1-14(10(16)17)8-4-7(11-5-12-8)13-9(15)6-2-3-6/h4-6H,2-3H2,1H3,(H,16,17)(H,11,12,13,15). The smallest absolute Gasteiger partial charge is 0.412 e. The van der Waals surface area contributed by atoms with Gasteiger partial charge in [0.15, 0.2) is 0 Å². The molecule has 0 saturated heterocycles. The van der Waals surface area contributed by atoms with Crippen LogP contribution in [-0.2, 0) is 4.79 Å². The van der Waals surface area contributed by atoms with Gasteiger partial charge in [0.05, 0.1) is 0 Å². The predicted molar refractivity (Wildman–Crippen MR) is 59.8 cm³/mol. The topological polar surface area (TPSA) is 95.4 Å². The van der Waals surface area contributed by atoms with Gasteiger partial charge < -0.3 is 10.4 Å². The molecule has 1 aliphatic rings. The Bertz CT molecular complexity index is 459. The Kier molecular flexibility index (Phi) is 2.90. The van der Waals surface area contributed by atoms with E-state index in [1.54, 1.807) is 0 Å². The predicted octanol–water partition coefficient (Wildman–Crippen LogP) is 0.939. The first-order chi connectivity index (χ1) is 8.08. The summed E-state index contributed by atoms with van der Waals surface area (Å²) in [5, 5.41) is 11.4. The summed E-state index contributed by atoms with van der Waals surface area (Å²) in [6, 6.07) is 1.42. The fourth-order valence-electron chi connectivity index (χ4n) is 1.27. The number of amides is 2. The van der Waals surface area contributed by atoms with Crippen molar-refractivity contribution < 1.29 is 14.7 Å². The summed E-state index contributed by atoms with van der Waals surface area (Å²) in [7, 11) is 1.37. The van der Waals surface area contributed by atoms with Gasteiger partial charge in [0, 0.05) is 19.0 Å². The zero-order valence-electron chi connectivity index (χ0n) is 9.25. The Morgan fingerprint density at radius 1 is 1.47 bits per heavy atom. The number of carboxylic acid groups (broad SMARTS) is 1. The number of rotatable bonds is 3. The van der Waals surface area contributed by atoms with Crippen molar-refractivity contribution in [2.45, 2.75) is 12.8 Å². The van der Waals surface area contributed by atoms with Gasteiger partial charge >= 0.3 is 6.09 Å². The molecule has 0 spiro atoms. The Morgan fingerprint density at radius 3 is 2.76 bits per heavy atom. The van der Waals surface area contributed by atoms with Crippen LogP contribution in [0.2, 0.25) is 0 Å². The van der Waals surface area contributed by atoms with Gasteiger partial charge in [-0.05, 0) is 12.8 Å². The SMILES string of the molecule is CN(C(=O)O)c1cc(NC(=O)C2CC2)ncn1. The van der Waals surface area contributed by atoms with Crippen LogP contribution in [0.5, 0.6) is 0 Å². The van der Waals surface area contributed by atoms with Crippen LogP contribution in [0, 0.1) is 5.92 Å². The van der Waals surface area contributed by atoms with E-state index in [9.17, 15) is 9.59 Å². The molecule has 1 heterocycles. The molecule has 1 aliphatic carbocycles. The number of nitrogens with zero attached hydrogens (tertiary/aromatic N) is 3. The number of aromatic nitrogens is 2. The number of hydrogen-bond acceptors (Lipinski definition) is 4. The lowest BCUT2D eigenvalue weighted by Gasteiger charge is -2.12. The molecular formula is C10H12N4O3. The van der Waals surface area contributed by atoms with E-state index < -0.39 is 6.09 Å². The van der Waals surface area contributed by atoms with E-state index in [4.69, 9.17) is 5.11 Å². The molecule has 0 atom stereocenters. The van der Waals surface area contributed by atoms with Crippen molar-refractivity contribution in [3.05, 3.63) is 12.4 Å². The molecule has 1 aromatic rings. The maximum atomic E-state index is 11.5. The Hall–Kier alpha value is -2.18. The Morgan fingerprint density at radius 2 is 2.18 bits per heavy atom. The van der Waals surface area contributed by atoms with E-state index in [1.165, 1.54) is 19.4 Å². The minimum Gasteiger partial charge on any atom is -0.465 e. The number of hydrogen-bond donors (Lipinski definition) is 2. The summed E-state index contributed by atoms with van der Waals surface area (Å²) >= 11 is 0. The first kappa shape index (κ1) is 11.3. The molecule has 2 rings (SSSR count). The second-order valence-electron chi connectivity index (χ2n) is 3.87. The fourth-order valence-corrected chi connectivity index (χ4v) is 1.27. The van der Waals surface area contributed by atoms with Gasteiger partial charge in [-0.15, -0.1) is 0 Å². The Balaban J connectivity index is 2.10. The number of nitrogens with one attached hydrogen (secondary N) is 1. The summed E-state index contributed by atoms with van der Waals surface area (Å²) in [6.07, 6.45) is 1.90. The molecule has 2 N–H and O–H groups in total. The van der Waals surface area contributed by atoms with E-state index in [-0.39, 0.29) is 17.6 Å². The molecule has 1 fully saturated rings. The summed E-state index contributed by atoms with van der Waals surface area (Å²) in [6.45, 7) is 0. The van der Waals surface area contributed by atoms with Crippen molar-refractivity contribution in [2.24, 2.45) is 5.92 Å². The lowest BCUT2D eigenvalue weighted by Crippen LogP contribution is -2.25. The van der Waals surface area contributed by atoms with Crippen LogP contribution in [0.1, 0.15) is 12.8 Å². The maximum absolute atomic E-state index is 11.5. The molecule has 0 bridgehead atoms. The molecule has 2 amide bonds. The lowest BCUT2D eigenvalue weighted by atomic mass is 10.4. The van der Waals surface area contributed by atoms with Gasteiger partial charge in [-0.25, -0.2) is 14.8 Å². The average molecular weight is 236 g/mol. The lowest BCUT2D eigenvalue weighted by molar-refractivity contribution is -0.117. The second-order valence-corrected chi connectivity index (χ2v) is 3.87.